The Morgan fingerprint density at radius 1 is 1.05 bits per heavy atom. The number of hydrogen-bond acceptors (Lipinski definition) is 1. The van der Waals surface area contributed by atoms with Crippen molar-refractivity contribution in [1.82, 2.24) is 0 Å². The van der Waals surface area contributed by atoms with Crippen molar-refractivity contribution >= 4 is 5.97 Å². The highest BCUT2D eigenvalue weighted by Crippen LogP contribution is 2.24. The summed E-state index contributed by atoms with van der Waals surface area (Å²) in [6, 6.07) is 15.5. The molecular weight excluding hydrogens is 236 g/mol. The normalized spacial score (nSPS) is 12.1. The van der Waals surface area contributed by atoms with E-state index in [0.717, 1.165) is 11.1 Å². The van der Waals surface area contributed by atoms with E-state index >= 15 is 0 Å². The molecule has 0 aromatic heterocycles. The second kappa shape index (κ2) is 5.70. The van der Waals surface area contributed by atoms with Crippen LogP contribution in [0.1, 0.15) is 28.2 Å². The predicted molar refractivity (Wildman–Crippen MR) is 76.4 cm³/mol. The third kappa shape index (κ3) is 3.02. The number of aryl methyl sites for hydroxylation is 1. The molecule has 0 aliphatic heterocycles. The Balaban J connectivity index is 2.32. The van der Waals surface area contributed by atoms with E-state index in [1.54, 1.807) is 0 Å². The van der Waals surface area contributed by atoms with Crippen molar-refractivity contribution in [3.63, 3.8) is 0 Å². The zero-order chi connectivity index (χ0) is 13.8. The molecule has 0 heterocycles. The molecule has 1 unspecified atom stereocenters. The lowest BCUT2D eigenvalue weighted by Crippen LogP contribution is -2.15. The van der Waals surface area contributed by atoms with Crippen molar-refractivity contribution in [1.29, 1.82) is 0 Å². The van der Waals surface area contributed by atoms with E-state index in [4.69, 9.17) is 0 Å². The monoisotopic (exact) mass is 254 g/mol. The first-order valence-electron chi connectivity index (χ1n) is 6.42. The third-order valence-electron chi connectivity index (χ3n) is 3.64. The van der Waals surface area contributed by atoms with Crippen LogP contribution in [0.3, 0.4) is 0 Å². The highest BCUT2D eigenvalue weighted by Gasteiger charge is 2.20. The van der Waals surface area contributed by atoms with Crippen LogP contribution in [0.15, 0.2) is 48.5 Å². The van der Waals surface area contributed by atoms with Crippen molar-refractivity contribution in [3.8, 4) is 0 Å². The Morgan fingerprint density at radius 2 is 1.74 bits per heavy atom. The number of hydrogen-bond donors (Lipinski definition) is 1. The van der Waals surface area contributed by atoms with E-state index in [0.29, 0.717) is 6.42 Å². The highest BCUT2D eigenvalue weighted by molar-refractivity contribution is 5.76. The van der Waals surface area contributed by atoms with Crippen molar-refractivity contribution in [2.45, 2.75) is 26.2 Å². The molecular formula is C17H18O2. The summed E-state index contributed by atoms with van der Waals surface area (Å²) in [4.78, 5) is 11.5. The minimum Gasteiger partial charge on any atom is -0.481 e. The fourth-order valence-electron chi connectivity index (χ4n) is 2.29. The van der Waals surface area contributed by atoms with Gasteiger partial charge >= 0.3 is 5.97 Å². The average molecular weight is 254 g/mol. The molecule has 1 N–H and O–H groups in total. The van der Waals surface area contributed by atoms with Gasteiger partial charge in [-0.1, -0.05) is 48.5 Å². The number of carboxylic acids is 1. The van der Waals surface area contributed by atoms with E-state index in [2.05, 4.69) is 19.9 Å². The lowest BCUT2D eigenvalue weighted by molar-refractivity contribution is -0.138. The molecule has 0 saturated heterocycles. The van der Waals surface area contributed by atoms with E-state index in [9.17, 15) is 9.90 Å². The minimum atomic E-state index is -0.771. The Hall–Kier alpha value is -2.09. The van der Waals surface area contributed by atoms with Crippen LogP contribution in [0.2, 0.25) is 0 Å². The topological polar surface area (TPSA) is 37.3 Å². The first-order valence-corrected chi connectivity index (χ1v) is 6.42. The average Bonchev–Trinajstić information content (AvgIpc) is 2.41. The summed E-state index contributed by atoms with van der Waals surface area (Å²) in [5.74, 6) is -1.26. The van der Waals surface area contributed by atoms with Gasteiger partial charge in [0.25, 0.3) is 0 Å². The summed E-state index contributed by atoms with van der Waals surface area (Å²) in [7, 11) is 0. The molecule has 0 spiro atoms. The number of aliphatic carboxylic acids is 1. The molecule has 2 aromatic carbocycles. The van der Waals surface area contributed by atoms with Crippen molar-refractivity contribution in [2.24, 2.45) is 0 Å². The van der Waals surface area contributed by atoms with Crippen LogP contribution in [0.25, 0.3) is 0 Å². The minimum absolute atomic E-state index is 0.485. The lowest BCUT2D eigenvalue weighted by Gasteiger charge is -2.15. The van der Waals surface area contributed by atoms with Gasteiger partial charge in [-0.15, -0.1) is 0 Å². The van der Waals surface area contributed by atoms with Gasteiger partial charge in [-0.05, 0) is 42.5 Å². The van der Waals surface area contributed by atoms with Gasteiger partial charge in [0.05, 0.1) is 5.92 Å². The van der Waals surface area contributed by atoms with Crippen LogP contribution in [-0.2, 0) is 11.2 Å². The first kappa shape index (κ1) is 13.3. The maximum Gasteiger partial charge on any atom is 0.311 e. The maximum atomic E-state index is 11.5. The SMILES string of the molecule is Cc1cccc(CC(C(=O)O)c2ccccc2)c1C. The summed E-state index contributed by atoms with van der Waals surface area (Å²) in [5.41, 5.74) is 4.35. The van der Waals surface area contributed by atoms with Gasteiger partial charge in [0.1, 0.15) is 0 Å². The molecule has 2 nitrogen and oxygen atoms in total. The standard InChI is InChI=1S/C17H18O2/c1-12-7-6-10-15(13(12)2)11-16(17(18)19)14-8-4-3-5-9-14/h3-10,16H,11H2,1-2H3,(H,18,19). The molecule has 0 radical (unpaired) electrons. The van der Waals surface area contributed by atoms with Crippen LogP contribution >= 0.6 is 0 Å². The van der Waals surface area contributed by atoms with Crippen LogP contribution in [0.5, 0.6) is 0 Å². The molecule has 19 heavy (non-hydrogen) atoms. The third-order valence-corrected chi connectivity index (χ3v) is 3.64. The fraction of sp³-hybridized carbons (Fsp3) is 0.235. The zero-order valence-corrected chi connectivity index (χ0v) is 11.3. The number of rotatable bonds is 4. The van der Waals surface area contributed by atoms with Gasteiger partial charge in [0, 0.05) is 0 Å². The van der Waals surface area contributed by atoms with Gasteiger partial charge in [0.15, 0.2) is 0 Å². The molecule has 0 aliphatic rings. The maximum absolute atomic E-state index is 11.5. The molecule has 2 heteroatoms. The first-order chi connectivity index (χ1) is 9.09. The lowest BCUT2D eigenvalue weighted by atomic mass is 9.89. The molecule has 0 aliphatic carbocycles. The summed E-state index contributed by atoms with van der Waals surface area (Å²) in [5, 5.41) is 9.45. The molecule has 0 amide bonds. The quantitative estimate of drug-likeness (QED) is 0.903. The highest BCUT2D eigenvalue weighted by atomic mass is 16.4. The van der Waals surface area contributed by atoms with Gasteiger partial charge in [-0.2, -0.15) is 0 Å². The number of carboxylic acid groups (broad SMARTS) is 1. The summed E-state index contributed by atoms with van der Waals surface area (Å²) in [6.07, 6.45) is 0.535. The van der Waals surface area contributed by atoms with Gasteiger partial charge in [0.2, 0.25) is 0 Å². The molecule has 0 bridgehead atoms. The Morgan fingerprint density at radius 3 is 2.37 bits per heavy atom. The second-order valence-corrected chi connectivity index (χ2v) is 4.86. The molecule has 0 saturated carbocycles. The van der Waals surface area contributed by atoms with Crippen LogP contribution in [0.4, 0.5) is 0 Å². The fourth-order valence-corrected chi connectivity index (χ4v) is 2.29. The zero-order valence-electron chi connectivity index (χ0n) is 11.3. The number of benzene rings is 2. The van der Waals surface area contributed by atoms with E-state index in [1.807, 2.05) is 42.5 Å². The molecule has 2 rings (SSSR count). The molecule has 2 aromatic rings. The van der Waals surface area contributed by atoms with E-state index in [-0.39, 0.29) is 0 Å². The largest absolute Gasteiger partial charge is 0.481 e. The summed E-state index contributed by atoms with van der Waals surface area (Å²) < 4.78 is 0. The smallest absolute Gasteiger partial charge is 0.311 e. The predicted octanol–water partition coefficient (Wildman–Crippen LogP) is 3.71. The molecule has 98 valence electrons. The Labute approximate surface area is 113 Å². The summed E-state index contributed by atoms with van der Waals surface area (Å²) >= 11 is 0. The van der Waals surface area contributed by atoms with E-state index in [1.165, 1.54) is 11.1 Å². The molecule has 0 fully saturated rings. The van der Waals surface area contributed by atoms with Gasteiger partial charge in [-0.3, -0.25) is 4.79 Å². The van der Waals surface area contributed by atoms with E-state index < -0.39 is 11.9 Å². The Bertz CT molecular complexity index is 573. The number of carbonyl (C=O) groups is 1. The second-order valence-electron chi connectivity index (χ2n) is 4.86. The van der Waals surface area contributed by atoms with Crippen LogP contribution < -0.4 is 0 Å². The van der Waals surface area contributed by atoms with Crippen molar-refractivity contribution < 1.29 is 9.90 Å². The summed E-state index contributed by atoms with van der Waals surface area (Å²) in [6.45, 7) is 4.10. The Kier molecular flexibility index (Phi) is 4.00. The van der Waals surface area contributed by atoms with Crippen molar-refractivity contribution in [3.05, 3.63) is 70.8 Å². The van der Waals surface area contributed by atoms with Gasteiger partial charge in [-0.25, -0.2) is 0 Å². The van der Waals surface area contributed by atoms with Crippen LogP contribution in [0, 0.1) is 13.8 Å². The van der Waals surface area contributed by atoms with Crippen molar-refractivity contribution in [2.75, 3.05) is 0 Å². The van der Waals surface area contributed by atoms with Gasteiger partial charge < -0.3 is 5.11 Å². The van der Waals surface area contributed by atoms with Crippen LogP contribution in [-0.4, -0.2) is 11.1 Å². The molecule has 1 atom stereocenters.